The van der Waals surface area contributed by atoms with Gasteiger partial charge in [0.05, 0.1) is 25.8 Å². The highest BCUT2D eigenvalue weighted by Gasteiger charge is 2.18. The van der Waals surface area contributed by atoms with Gasteiger partial charge in [0.15, 0.2) is 0 Å². The van der Waals surface area contributed by atoms with Crippen LogP contribution in [-0.2, 0) is 14.3 Å². The van der Waals surface area contributed by atoms with E-state index in [9.17, 15) is 4.79 Å². The molecule has 0 aliphatic heterocycles. The largest absolute Gasteiger partial charge is 0.383 e. The van der Waals surface area contributed by atoms with E-state index in [4.69, 9.17) is 9.47 Å². The molecule has 0 bridgehead atoms. The molecule has 16 heavy (non-hydrogen) atoms. The van der Waals surface area contributed by atoms with Gasteiger partial charge in [-0.3, -0.25) is 4.79 Å². The lowest BCUT2D eigenvalue weighted by atomic mass is 10.3. The molecule has 0 aromatic rings. The van der Waals surface area contributed by atoms with Crippen LogP contribution in [0.5, 0.6) is 0 Å². The van der Waals surface area contributed by atoms with Crippen molar-refractivity contribution in [3.8, 4) is 0 Å². The molecule has 1 unspecified atom stereocenters. The average molecular weight is 232 g/mol. The second-order valence-electron chi connectivity index (χ2n) is 3.66. The summed E-state index contributed by atoms with van der Waals surface area (Å²) < 4.78 is 10.1. The first-order valence-corrected chi connectivity index (χ1v) is 5.65. The number of nitrogens with zero attached hydrogens (tertiary/aromatic N) is 1. The maximum Gasteiger partial charge on any atom is 0.236 e. The molecule has 0 aromatic heterocycles. The van der Waals surface area contributed by atoms with Gasteiger partial charge in [-0.05, 0) is 13.5 Å². The zero-order valence-corrected chi connectivity index (χ0v) is 10.8. The molecule has 0 rings (SSSR count). The van der Waals surface area contributed by atoms with Gasteiger partial charge in [0, 0.05) is 20.8 Å². The Kier molecular flexibility index (Phi) is 9.18. The zero-order valence-electron chi connectivity index (χ0n) is 10.8. The number of likely N-dealkylation sites (N-methyl/N-ethyl adjacent to an activating group) is 1. The molecule has 0 spiro atoms. The summed E-state index contributed by atoms with van der Waals surface area (Å²) in [6.45, 7) is 6.81. The monoisotopic (exact) mass is 232 g/mol. The second kappa shape index (κ2) is 9.57. The number of amides is 1. The number of carbonyl (C=O) groups excluding carboxylic acids is 1. The summed E-state index contributed by atoms with van der Waals surface area (Å²) in [5, 5.41) is 3.03. The highest BCUT2D eigenvalue weighted by Crippen LogP contribution is 2.00. The highest BCUT2D eigenvalue weighted by molar-refractivity contribution is 5.78. The van der Waals surface area contributed by atoms with Crippen LogP contribution in [0.1, 0.15) is 13.8 Å². The first-order chi connectivity index (χ1) is 7.67. The Labute approximate surface area is 98.1 Å². The molecule has 96 valence electrons. The molecular weight excluding hydrogens is 208 g/mol. The van der Waals surface area contributed by atoms with Crippen molar-refractivity contribution in [2.45, 2.75) is 19.9 Å². The predicted molar refractivity (Wildman–Crippen MR) is 63.5 cm³/mol. The van der Waals surface area contributed by atoms with E-state index in [-0.39, 0.29) is 11.9 Å². The Balaban J connectivity index is 4.21. The molecule has 0 radical (unpaired) electrons. The minimum atomic E-state index is 0.0753. The van der Waals surface area contributed by atoms with Crippen molar-refractivity contribution in [1.29, 1.82) is 0 Å². The van der Waals surface area contributed by atoms with Crippen LogP contribution in [0, 0.1) is 0 Å². The number of carbonyl (C=O) groups is 1. The Morgan fingerprint density at radius 1 is 1.38 bits per heavy atom. The Morgan fingerprint density at radius 2 is 2.06 bits per heavy atom. The maximum atomic E-state index is 11.9. The van der Waals surface area contributed by atoms with Gasteiger partial charge >= 0.3 is 0 Å². The average Bonchev–Trinajstić information content (AvgIpc) is 2.27. The summed E-state index contributed by atoms with van der Waals surface area (Å²) in [6.07, 6.45) is 0. The minimum Gasteiger partial charge on any atom is -0.383 e. The van der Waals surface area contributed by atoms with Crippen LogP contribution in [-0.4, -0.2) is 63.9 Å². The van der Waals surface area contributed by atoms with Gasteiger partial charge < -0.3 is 19.7 Å². The maximum absolute atomic E-state index is 11.9. The fraction of sp³-hybridized carbons (Fsp3) is 0.909. The first-order valence-electron chi connectivity index (χ1n) is 5.65. The number of nitrogens with one attached hydrogen (secondary N) is 1. The van der Waals surface area contributed by atoms with Crippen LogP contribution < -0.4 is 5.32 Å². The quantitative estimate of drug-likeness (QED) is 0.613. The highest BCUT2D eigenvalue weighted by atomic mass is 16.5. The van der Waals surface area contributed by atoms with Crippen molar-refractivity contribution < 1.29 is 14.3 Å². The standard InChI is InChI=1S/C11H24N2O3/c1-5-12-8-11(14)13(6-7-15-3)10(2)9-16-4/h10,12H,5-9H2,1-4H3. The van der Waals surface area contributed by atoms with Crippen molar-refractivity contribution >= 4 is 5.91 Å². The molecule has 1 atom stereocenters. The first kappa shape index (κ1) is 15.3. The molecular formula is C11H24N2O3. The number of hydrogen-bond acceptors (Lipinski definition) is 4. The molecule has 0 aromatic carbocycles. The molecule has 0 aliphatic rings. The third-order valence-corrected chi connectivity index (χ3v) is 2.32. The van der Waals surface area contributed by atoms with Gasteiger partial charge in [-0.1, -0.05) is 6.92 Å². The van der Waals surface area contributed by atoms with E-state index in [2.05, 4.69) is 5.32 Å². The molecule has 0 saturated heterocycles. The van der Waals surface area contributed by atoms with Gasteiger partial charge in [-0.2, -0.15) is 0 Å². The molecule has 0 saturated carbocycles. The van der Waals surface area contributed by atoms with Gasteiger partial charge in [-0.15, -0.1) is 0 Å². The molecule has 1 N–H and O–H groups in total. The molecule has 1 amide bonds. The fourth-order valence-corrected chi connectivity index (χ4v) is 1.45. The Bertz CT molecular complexity index is 188. The van der Waals surface area contributed by atoms with E-state index in [1.807, 2.05) is 13.8 Å². The third-order valence-electron chi connectivity index (χ3n) is 2.32. The summed E-state index contributed by atoms with van der Waals surface area (Å²) in [7, 11) is 3.27. The van der Waals surface area contributed by atoms with E-state index in [1.54, 1.807) is 19.1 Å². The van der Waals surface area contributed by atoms with E-state index >= 15 is 0 Å². The van der Waals surface area contributed by atoms with Crippen molar-refractivity contribution in [1.82, 2.24) is 10.2 Å². The van der Waals surface area contributed by atoms with Gasteiger partial charge in [0.25, 0.3) is 0 Å². The van der Waals surface area contributed by atoms with E-state index in [0.717, 1.165) is 6.54 Å². The molecule has 5 nitrogen and oxygen atoms in total. The van der Waals surface area contributed by atoms with Crippen molar-refractivity contribution in [3.63, 3.8) is 0 Å². The Hall–Kier alpha value is -0.650. The van der Waals surface area contributed by atoms with Crippen LogP contribution in [0.25, 0.3) is 0 Å². The lowest BCUT2D eigenvalue weighted by Gasteiger charge is -2.28. The summed E-state index contributed by atoms with van der Waals surface area (Å²) >= 11 is 0. The van der Waals surface area contributed by atoms with Crippen molar-refractivity contribution in [2.24, 2.45) is 0 Å². The van der Waals surface area contributed by atoms with Gasteiger partial charge in [-0.25, -0.2) is 0 Å². The molecule has 0 heterocycles. The van der Waals surface area contributed by atoms with E-state index in [0.29, 0.717) is 26.3 Å². The molecule has 0 fully saturated rings. The Morgan fingerprint density at radius 3 is 2.56 bits per heavy atom. The topological polar surface area (TPSA) is 50.8 Å². The van der Waals surface area contributed by atoms with Crippen LogP contribution in [0.2, 0.25) is 0 Å². The number of rotatable bonds is 9. The smallest absolute Gasteiger partial charge is 0.236 e. The number of hydrogen-bond donors (Lipinski definition) is 1. The van der Waals surface area contributed by atoms with Crippen LogP contribution in [0.3, 0.4) is 0 Å². The lowest BCUT2D eigenvalue weighted by molar-refractivity contribution is -0.134. The van der Waals surface area contributed by atoms with E-state index < -0.39 is 0 Å². The van der Waals surface area contributed by atoms with Crippen molar-refractivity contribution in [2.75, 3.05) is 47.1 Å². The SMILES string of the molecule is CCNCC(=O)N(CCOC)C(C)COC. The summed E-state index contributed by atoms with van der Waals surface area (Å²) in [4.78, 5) is 13.7. The fourth-order valence-electron chi connectivity index (χ4n) is 1.45. The zero-order chi connectivity index (χ0) is 12.4. The van der Waals surface area contributed by atoms with E-state index in [1.165, 1.54) is 0 Å². The normalized spacial score (nSPS) is 12.5. The van der Waals surface area contributed by atoms with Gasteiger partial charge in [0.1, 0.15) is 0 Å². The summed E-state index contributed by atoms with van der Waals surface area (Å²) in [5.41, 5.74) is 0. The summed E-state index contributed by atoms with van der Waals surface area (Å²) in [6, 6.07) is 0.0753. The van der Waals surface area contributed by atoms with Gasteiger partial charge in [0.2, 0.25) is 5.91 Å². The van der Waals surface area contributed by atoms with Crippen LogP contribution >= 0.6 is 0 Å². The van der Waals surface area contributed by atoms with Crippen molar-refractivity contribution in [3.05, 3.63) is 0 Å². The number of methoxy groups -OCH3 is 2. The predicted octanol–water partition coefficient (Wildman–Crippen LogP) is 0.106. The second-order valence-corrected chi connectivity index (χ2v) is 3.66. The molecule has 0 aliphatic carbocycles. The van der Waals surface area contributed by atoms with Crippen LogP contribution in [0.4, 0.5) is 0 Å². The molecule has 5 heteroatoms. The summed E-state index contributed by atoms with van der Waals surface area (Å²) in [5.74, 6) is 0.0865. The van der Waals surface area contributed by atoms with Crippen LogP contribution in [0.15, 0.2) is 0 Å². The minimum absolute atomic E-state index is 0.0753. The number of ether oxygens (including phenoxy) is 2. The third kappa shape index (κ3) is 6.05. The lowest BCUT2D eigenvalue weighted by Crippen LogP contribution is -2.46.